The Morgan fingerprint density at radius 1 is 1.14 bits per heavy atom. The van der Waals surface area contributed by atoms with Gasteiger partial charge in [0.2, 0.25) is 0 Å². The number of aromatic nitrogens is 1. The van der Waals surface area contributed by atoms with E-state index in [1.807, 2.05) is 5.51 Å². The van der Waals surface area contributed by atoms with Gasteiger partial charge in [0.05, 0.1) is 11.2 Å². The van der Waals surface area contributed by atoms with Crippen molar-refractivity contribution in [3.63, 3.8) is 0 Å². The van der Waals surface area contributed by atoms with E-state index in [-0.39, 0.29) is 0 Å². The zero-order valence-corrected chi connectivity index (χ0v) is 14.0. The number of nitrogens with zero attached hydrogens (tertiary/aromatic N) is 2. The smallest absolute Gasteiger partial charge is 0.0795 e. The molecule has 1 aromatic heterocycles. The van der Waals surface area contributed by atoms with Gasteiger partial charge in [0, 0.05) is 25.0 Å². The van der Waals surface area contributed by atoms with Gasteiger partial charge in [-0.1, -0.05) is 38.1 Å². The predicted octanol–water partition coefficient (Wildman–Crippen LogP) is 3.52. The first-order valence-corrected chi connectivity index (χ1v) is 8.42. The minimum Gasteiger partial charge on any atom is -0.312 e. The monoisotopic (exact) mass is 303 g/mol. The zero-order valence-electron chi connectivity index (χ0n) is 13.2. The lowest BCUT2D eigenvalue weighted by Crippen LogP contribution is -2.19. The minimum atomic E-state index is 0.698. The first-order chi connectivity index (χ1) is 10.1. The summed E-state index contributed by atoms with van der Waals surface area (Å²) in [6, 6.07) is 8.90. The van der Waals surface area contributed by atoms with Gasteiger partial charge in [-0.05, 0) is 30.6 Å². The molecule has 1 N–H and O–H groups in total. The fraction of sp³-hybridized carbons (Fsp3) is 0.471. The molecule has 3 nitrogen and oxygen atoms in total. The molecule has 0 fully saturated rings. The molecule has 4 heteroatoms. The third kappa shape index (κ3) is 5.96. The molecule has 0 aliphatic carbocycles. The summed E-state index contributed by atoms with van der Waals surface area (Å²) in [5.41, 5.74) is 5.74. The number of rotatable bonds is 8. The van der Waals surface area contributed by atoms with Crippen molar-refractivity contribution in [2.45, 2.75) is 33.5 Å². The van der Waals surface area contributed by atoms with E-state index in [1.165, 1.54) is 11.1 Å². The summed E-state index contributed by atoms with van der Waals surface area (Å²) in [4.78, 5) is 6.62. The van der Waals surface area contributed by atoms with Crippen molar-refractivity contribution in [1.29, 1.82) is 0 Å². The molecule has 1 aromatic carbocycles. The highest BCUT2D eigenvalue weighted by Crippen LogP contribution is 2.10. The average Bonchev–Trinajstić information content (AvgIpc) is 2.93. The van der Waals surface area contributed by atoms with Crippen LogP contribution in [-0.4, -0.2) is 23.5 Å². The van der Waals surface area contributed by atoms with Crippen LogP contribution in [0, 0.1) is 5.92 Å². The van der Waals surface area contributed by atoms with Crippen molar-refractivity contribution in [2.75, 3.05) is 13.6 Å². The quantitative estimate of drug-likeness (QED) is 0.809. The SMILES string of the molecule is CC(C)CNCc1ccc(CN(C)Cc2cscn2)cc1. The number of benzene rings is 1. The molecule has 21 heavy (non-hydrogen) atoms. The van der Waals surface area contributed by atoms with Gasteiger partial charge in [0.25, 0.3) is 0 Å². The summed E-state index contributed by atoms with van der Waals surface area (Å²) in [5.74, 6) is 0.698. The highest BCUT2D eigenvalue weighted by molar-refractivity contribution is 7.07. The summed E-state index contributed by atoms with van der Waals surface area (Å²) in [7, 11) is 2.14. The summed E-state index contributed by atoms with van der Waals surface area (Å²) in [6.45, 7) is 8.34. The third-order valence-electron chi connectivity index (χ3n) is 3.27. The first kappa shape index (κ1) is 16.1. The fourth-order valence-corrected chi connectivity index (χ4v) is 2.78. The van der Waals surface area contributed by atoms with Crippen LogP contribution in [0.1, 0.15) is 30.7 Å². The molecular weight excluding hydrogens is 278 g/mol. The zero-order chi connectivity index (χ0) is 15.1. The Kier molecular flexibility index (Phi) is 6.36. The van der Waals surface area contributed by atoms with Crippen molar-refractivity contribution in [3.05, 3.63) is 52.0 Å². The van der Waals surface area contributed by atoms with Crippen molar-refractivity contribution < 1.29 is 0 Å². The van der Waals surface area contributed by atoms with Gasteiger partial charge >= 0.3 is 0 Å². The molecular formula is C17H25N3S. The second-order valence-corrected chi connectivity index (χ2v) is 6.71. The molecule has 0 bridgehead atoms. The molecule has 114 valence electrons. The lowest BCUT2D eigenvalue weighted by Gasteiger charge is -2.15. The standard InChI is InChI=1S/C17H25N3S/c1-14(2)8-18-9-15-4-6-16(7-5-15)10-20(3)11-17-12-21-13-19-17/h4-7,12-14,18H,8-11H2,1-3H3. The van der Waals surface area contributed by atoms with Crippen molar-refractivity contribution in [3.8, 4) is 0 Å². The van der Waals surface area contributed by atoms with Crippen molar-refractivity contribution >= 4 is 11.3 Å². The van der Waals surface area contributed by atoms with Crippen LogP contribution in [0.3, 0.4) is 0 Å². The van der Waals surface area contributed by atoms with Crippen LogP contribution in [0.2, 0.25) is 0 Å². The third-order valence-corrected chi connectivity index (χ3v) is 3.91. The molecule has 0 radical (unpaired) electrons. The van der Waals surface area contributed by atoms with Crippen LogP contribution in [0.5, 0.6) is 0 Å². The Morgan fingerprint density at radius 2 is 1.86 bits per heavy atom. The van der Waals surface area contributed by atoms with E-state index < -0.39 is 0 Å². The Bertz CT molecular complexity index is 505. The molecule has 0 aliphatic heterocycles. The van der Waals surface area contributed by atoms with Gasteiger partial charge in [-0.2, -0.15) is 0 Å². The molecule has 0 saturated carbocycles. The molecule has 0 saturated heterocycles. The molecule has 0 atom stereocenters. The van der Waals surface area contributed by atoms with E-state index in [4.69, 9.17) is 0 Å². The Labute approximate surface area is 132 Å². The number of hydrogen-bond donors (Lipinski definition) is 1. The topological polar surface area (TPSA) is 28.2 Å². The van der Waals surface area contributed by atoms with Crippen LogP contribution in [0.25, 0.3) is 0 Å². The lowest BCUT2D eigenvalue weighted by molar-refractivity contribution is 0.316. The molecule has 0 aliphatic rings. The Balaban J connectivity index is 1.78. The van der Waals surface area contributed by atoms with Crippen LogP contribution in [0.15, 0.2) is 35.2 Å². The van der Waals surface area contributed by atoms with Gasteiger partial charge in [-0.3, -0.25) is 4.90 Å². The lowest BCUT2D eigenvalue weighted by atomic mass is 10.1. The maximum absolute atomic E-state index is 4.33. The second-order valence-electron chi connectivity index (χ2n) is 5.99. The van der Waals surface area contributed by atoms with E-state index in [0.717, 1.165) is 31.9 Å². The van der Waals surface area contributed by atoms with Gasteiger partial charge in [0.15, 0.2) is 0 Å². The molecule has 0 unspecified atom stereocenters. The minimum absolute atomic E-state index is 0.698. The van der Waals surface area contributed by atoms with E-state index in [1.54, 1.807) is 11.3 Å². The molecule has 1 heterocycles. The van der Waals surface area contributed by atoms with E-state index >= 15 is 0 Å². The van der Waals surface area contributed by atoms with Crippen molar-refractivity contribution in [2.24, 2.45) is 5.92 Å². The number of hydrogen-bond acceptors (Lipinski definition) is 4. The summed E-state index contributed by atoms with van der Waals surface area (Å²) in [6.07, 6.45) is 0. The number of nitrogens with one attached hydrogen (secondary N) is 1. The highest BCUT2D eigenvalue weighted by atomic mass is 32.1. The summed E-state index contributed by atoms with van der Waals surface area (Å²) < 4.78 is 0. The maximum Gasteiger partial charge on any atom is 0.0795 e. The molecule has 0 amide bonds. The molecule has 2 rings (SSSR count). The van der Waals surface area contributed by atoms with E-state index in [0.29, 0.717) is 5.92 Å². The summed E-state index contributed by atoms with van der Waals surface area (Å²) in [5, 5.41) is 5.58. The highest BCUT2D eigenvalue weighted by Gasteiger charge is 2.03. The van der Waals surface area contributed by atoms with Gasteiger partial charge in [-0.25, -0.2) is 4.98 Å². The van der Waals surface area contributed by atoms with Gasteiger partial charge in [-0.15, -0.1) is 11.3 Å². The van der Waals surface area contributed by atoms with E-state index in [2.05, 4.69) is 65.7 Å². The fourth-order valence-electron chi connectivity index (χ4n) is 2.23. The Hall–Kier alpha value is -1.23. The Morgan fingerprint density at radius 3 is 2.48 bits per heavy atom. The van der Waals surface area contributed by atoms with Crippen LogP contribution < -0.4 is 5.32 Å². The molecule has 2 aromatic rings. The second kappa shape index (κ2) is 8.27. The largest absolute Gasteiger partial charge is 0.312 e. The summed E-state index contributed by atoms with van der Waals surface area (Å²) >= 11 is 1.65. The van der Waals surface area contributed by atoms with Gasteiger partial charge < -0.3 is 5.32 Å². The maximum atomic E-state index is 4.33. The first-order valence-electron chi connectivity index (χ1n) is 7.47. The average molecular weight is 303 g/mol. The normalized spacial score (nSPS) is 11.5. The van der Waals surface area contributed by atoms with Crippen LogP contribution in [-0.2, 0) is 19.6 Å². The van der Waals surface area contributed by atoms with Crippen LogP contribution >= 0.6 is 11.3 Å². The predicted molar refractivity (Wildman–Crippen MR) is 90.3 cm³/mol. The van der Waals surface area contributed by atoms with Crippen molar-refractivity contribution in [1.82, 2.24) is 15.2 Å². The van der Waals surface area contributed by atoms with Gasteiger partial charge in [0.1, 0.15) is 0 Å². The van der Waals surface area contributed by atoms with E-state index in [9.17, 15) is 0 Å². The molecule has 0 spiro atoms. The van der Waals surface area contributed by atoms with Crippen LogP contribution in [0.4, 0.5) is 0 Å². The number of thiazole rings is 1.